The van der Waals surface area contributed by atoms with Gasteiger partial charge in [0, 0.05) is 17.8 Å². The maximum absolute atomic E-state index is 5.87. The Morgan fingerprint density at radius 2 is 2.18 bits per heavy atom. The minimum absolute atomic E-state index is 0.488. The average Bonchev–Trinajstić information content (AvgIpc) is 2.32. The lowest BCUT2D eigenvalue weighted by Crippen LogP contribution is -2.21. The van der Waals surface area contributed by atoms with Gasteiger partial charge in [0.1, 0.15) is 10.9 Å². The lowest BCUT2D eigenvalue weighted by molar-refractivity contribution is 0.197. The highest BCUT2D eigenvalue weighted by Crippen LogP contribution is 2.27. The van der Waals surface area contributed by atoms with Crippen molar-refractivity contribution in [1.82, 2.24) is 4.98 Å². The topological polar surface area (TPSA) is 22.1 Å². The van der Waals surface area contributed by atoms with Crippen LogP contribution in [0.3, 0.4) is 0 Å². The first-order valence-electron chi connectivity index (χ1n) is 6.06. The van der Waals surface area contributed by atoms with Gasteiger partial charge in [0.25, 0.3) is 0 Å². The van der Waals surface area contributed by atoms with E-state index in [4.69, 9.17) is 16.3 Å². The SMILES string of the molecule is Cc1cnc(Cl)cc1OCC1CC=CCC1C. The Morgan fingerprint density at radius 3 is 2.94 bits per heavy atom. The normalized spacial score (nSPS) is 23.7. The molecule has 0 aliphatic heterocycles. The fraction of sp³-hybridized carbons (Fsp3) is 0.500. The summed E-state index contributed by atoms with van der Waals surface area (Å²) in [5.74, 6) is 2.15. The van der Waals surface area contributed by atoms with Crippen LogP contribution in [0.5, 0.6) is 5.75 Å². The number of hydrogen-bond acceptors (Lipinski definition) is 2. The Hall–Kier alpha value is -1.02. The second-order valence-corrected chi connectivity index (χ2v) is 5.15. The highest BCUT2D eigenvalue weighted by atomic mass is 35.5. The monoisotopic (exact) mass is 251 g/mol. The Kier molecular flexibility index (Phi) is 4.06. The number of aryl methyl sites for hydroxylation is 1. The number of hydrogen-bond donors (Lipinski definition) is 0. The van der Waals surface area contributed by atoms with Crippen molar-refractivity contribution in [1.29, 1.82) is 0 Å². The average molecular weight is 252 g/mol. The molecule has 0 spiro atoms. The smallest absolute Gasteiger partial charge is 0.132 e. The zero-order chi connectivity index (χ0) is 12.3. The van der Waals surface area contributed by atoms with Crippen LogP contribution >= 0.6 is 11.6 Å². The first-order valence-corrected chi connectivity index (χ1v) is 6.44. The van der Waals surface area contributed by atoms with Crippen LogP contribution in [0.25, 0.3) is 0 Å². The molecule has 0 aromatic carbocycles. The molecule has 2 rings (SSSR count). The number of halogens is 1. The van der Waals surface area contributed by atoms with E-state index in [2.05, 4.69) is 24.1 Å². The van der Waals surface area contributed by atoms with Gasteiger partial charge in [-0.1, -0.05) is 30.7 Å². The van der Waals surface area contributed by atoms with Crippen LogP contribution in [0, 0.1) is 18.8 Å². The van der Waals surface area contributed by atoms with Gasteiger partial charge in [0.05, 0.1) is 6.61 Å². The molecule has 1 aromatic heterocycles. The van der Waals surface area contributed by atoms with Gasteiger partial charge in [-0.3, -0.25) is 0 Å². The van der Waals surface area contributed by atoms with Crippen molar-refractivity contribution < 1.29 is 4.74 Å². The van der Waals surface area contributed by atoms with Gasteiger partial charge >= 0.3 is 0 Å². The molecule has 0 fully saturated rings. The number of nitrogens with zero attached hydrogens (tertiary/aromatic N) is 1. The highest BCUT2D eigenvalue weighted by molar-refractivity contribution is 6.29. The minimum Gasteiger partial charge on any atom is -0.493 e. The van der Waals surface area contributed by atoms with Crippen molar-refractivity contribution in [3.8, 4) is 5.75 Å². The summed E-state index contributed by atoms with van der Waals surface area (Å²) in [6, 6.07) is 1.79. The zero-order valence-electron chi connectivity index (χ0n) is 10.3. The quantitative estimate of drug-likeness (QED) is 0.598. The molecule has 1 aliphatic rings. The summed E-state index contributed by atoms with van der Waals surface area (Å²) in [6.45, 7) is 5.03. The summed E-state index contributed by atoms with van der Waals surface area (Å²) in [7, 11) is 0. The van der Waals surface area contributed by atoms with Crippen molar-refractivity contribution in [2.75, 3.05) is 6.61 Å². The van der Waals surface area contributed by atoms with Crippen LogP contribution < -0.4 is 4.74 Å². The number of allylic oxidation sites excluding steroid dienone is 2. The van der Waals surface area contributed by atoms with E-state index in [-0.39, 0.29) is 0 Å². The van der Waals surface area contributed by atoms with Crippen molar-refractivity contribution in [2.24, 2.45) is 11.8 Å². The Bertz CT molecular complexity index is 417. The fourth-order valence-electron chi connectivity index (χ4n) is 2.07. The molecule has 0 saturated carbocycles. The maximum Gasteiger partial charge on any atom is 0.132 e. The van der Waals surface area contributed by atoms with E-state index in [1.54, 1.807) is 12.3 Å². The molecular weight excluding hydrogens is 234 g/mol. The van der Waals surface area contributed by atoms with E-state index >= 15 is 0 Å². The van der Waals surface area contributed by atoms with Crippen LogP contribution in [0.4, 0.5) is 0 Å². The maximum atomic E-state index is 5.87. The largest absolute Gasteiger partial charge is 0.493 e. The zero-order valence-corrected chi connectivity index (χ0v) is 11.1. The summed E-state index contributed by atoms with van der Waals surface area (Å²) in [5, 5.41) is 0.488. The van der Waals surface area contributed by atoms with Crippen LogP contribution in [0.15, 0.2) is 24.4 Å². The van der Waals surface area contributed by atoms with E-state index in [0.29, 0.717) is 17.0 Å². The number of aromatic nitrogens is 1. The Balaban J connectivity index is 1.97. The van der Waals surface area contributed by atoms with Crippen LogP contribution in [0.1, 0.15) is 25.3 Å². The first-order chi connectivity index (χ1) is 8.16. The molecule has 1 aromatic rings. The van der Waals surface area contributed by atoms with Gasteiger partial charge in [-0.25, -0.2) is 4.98 Å². The van der Waals surface area contributed by atoms with Crippen molar-refractivity contribution in [2.45, 2.75) is 26.7 Å². The van der Waals surface area contributed by atoms with Gasteiger partial charge in [0.15, 0.2) is 0 Å². The molecule has 1 aliphatic carbocycles. The molecule has 1 heterocycles. The molecule has 0 bridgehead atoms. The van der Waals surface area contributed by atoms with Gasteiger partial charge < -0.3 is 4.74 Å². The third-order valence-corrected chi connectivity index (χ3v) is 3.60. The van der Waals surface area contributed by atoms with Gasteiger partial charge in [-0.15, -0.1) is 0 Å². The number of ether oxygens (including phenoxy) is 1. The van der Waals surface area contributed by atoms with Crippen molar-refractivity contribution in [3.63, 3.8) is 0 Å². The standard InChI is InChI=1S/C14H18ClNO/c1-10-5-3-4-6-12(10)9-17-13-7-14(15)16-8-11(13)2/h3-4,7-8,10,12H,5-6,9H2,1-2H3. The molecule has 0 radical (unpaired) electrons. The van der Waals surface area contributed by atoms with Gasteiger partial charge in [-0.05, 0) is 31.6 Å². The fourth-order valence-corrected chi connectivity index (χ4v) is 2.22. The summed E-state index contributed by atoms with van der Waals surface area (Å²) in [6.07, 6.45) is 8.53. The number of rotatable bonds is 3. The molecule has 0 amide bonds. The molecule has 3 heteroatoms. The predicted molar refractivity (Wildman–Crippen MR) is 70.5 cm³/mol. The van der Waals surface area contributed by atoms with Gasteiger partial charge in [0.2, 0.25) is 0 Å². The van der Waals surface area contributed by atoms with E-state index in [1.165, 1.54) is 0 Å². The third-order valence-electron chi connectivity index (χ3n) is 3.39. The lowest BCUT2D eigenvalue weighted by atomic mass is 9.85. The molecular formula is C14H18ClNO. The van der Waals surface area contributed by atoms with Crippen LogP contribution in [-0.4, -0.2) is 11.6 Å². The molecule has 2 atom stereocenters. The second-order valence-electron chi connectivity index (χ2n) is 4.76. The summed E-state index contributed by atoms with van der Waals surface area (Å²) >= 11 is 5.86. The molecule has 2 unspecified atom stereocenters. The highest BCUT2D eigenvalue weighted by Gasteiger charge is 2.19. The molecule has 0 N–H and O–H groups in total. The molecule has 2 nitrogen and oxygen atoms in total. The number of pyridine rings is 1. The van der Waals surface area contributed by atoms with E-state index < -0.39 is 0 Å². The van der Waals surface area contributed by atoms with Gasteiger partial charge in [-0.2, -0.15) is 0 Å². The summed E-state index contributed by atoms with van der Waals surface area (Å²) < 4.78 is 5.87. The summed E-state index contributed by atoms with van der Waals surface area (Å²) in [5.41, 5.74) is 1.04. The molecule has 92 valence electrons. The summed E-state index contributed by atoms with van der Waals surface area (Å²) in [4.78, 5) is 4.02. The first kappa shape index (κ1) is 12.4. The predicted octanol–water partition coefficient (Wildman–Crippen LogP) is 4.02. The minimum atomic E-state index is 0.488. The van der Waals surface area contributed by atoms with Crippen LogP contribution in [0.2, 0.25) is 5.15 Å². The molecule has 0 saturated heterocycles. The van der Waals surface area contributed by atoms with E-state index in [0.717, 1.165) is 30.8 Å². The van der Waals surface area contributed by atoms with Crippen molar-refractivity contribution in [3.05, 3.63) is 35.1 Å². The van der Waals surface area contributed by atoms with E-state index in [1.807, 2.05) is 6.92 Å². The van der Waals surface area contributed by atoms with Crippen molar-refractivity contribution >= 4 is 11.6 Å². The lowest BCUT2D eigenvalue weighted by Gasteiger charge is -2.25. The Labute approximate surface area is 108 Å². The third kappa shape index (κ3) is 3.22. The second kappa shape index (κ2) is 5.54. The molecule has 17 heavy (non-hydrogen) atoms. The Morgan fingerprint density at radius 1 is 1.41 bits per heavy atom. The van der Waals surface area contributed by atoms with E-state index in [9.17, 15) is 0 Å². The van der Waals surface area contributed by atoms with Crippen LogP contribution in [-0.2, 0) is 0 Å².